The highest BCUT2D eigenvalue weighted by atomic mass is 16.5. The monoisotopic (exact) mass is 267 g/mol. The summed E-state index contributed by atoms with van der Waals surface area (Å²) in [5, 5.41) is 12.7. The number of methoxy groups -OCH3 is 1. The number of aliphatic carboxylic acids is 1. The van der Waals surface area contributed by atoms with Gasteiger partial charge in [0.05, 0.1) is 12.8 Å². The third-order valence-electron chi connectivity index (χ3n) is 2.35. The van der Waals surface area contributed by atoms with Crippen molar-refractivity contribution < 1.29 is 19.4 Å². The van der Waals surface area contributed by atoms with Crippen molar-refractivity contribution in [2.45, 2.75) is 0 Å². The molecule has 0 aromatic carbocycles. The van der Waals surface area contributed by atoms with Crippen LogP contribution in [0.3, 0.4) is 0 Å². The van der Waals surface area contributed by atoms with Gasteiger partial charge in [0.2, 0.25) is 5.91 Å². The van der Waals surface area contributed by atoms with Crippen LogP contribution in [0.4, 0.5) is 0 Å². The number of hydrogen-bond donors (Lipinski definition) is 1. The first-order valence-corrected chi connectivity index (χ1v) is 5.69. The van der Waals surface area contributed by atoms with Gasteiger partial charge < -0.3 is 14.7 Å². The van der Waals surface area contributed by atoms with Crippen LogP contribution < -0.4 is 0 Å². The molecule has 104 valence electrons. The lowest BCUT2D eigenvalue weighted by molar-refractivity contribution is -0.143. The summed E-state index contributed by atoms with van der Waals surface area (Å²) in [6.45, 7) is 0.179. The molecule has 1 N–H and O–H groups in total. The van der Waals surface area contributed by atoms with Gasteiger partial charge in [-0.3, -0.25) is 14.3 Å². The number of carboxylic acids is 1. The van der Waals surface area contributed by atoms with Crippen molar-refractivity contribution in [3.8, 4) is 0 Å². The Morgan fingerprint density at radius 2 is 2.32 bits per heavy atom. The van der Waals surface area contributed by atoms with Crippen molar-refractivity contribution in [3.05, 3.63) is 24.0 Å². The smallest absolute Gasteiger partial charge is 0.323 e. The predicted octanol–water partition coefficient (Wildman–Crippen LogP) is -0.00710. The second-order valence-corrected chi connectivity index (χ2v) is 3.93. The molecule has 1 rings (SSSR count). The third kappa shape index (κ3) is 5.35. The van der Waals surface area contributed by atoms with Crippen LogP contribution in [0.2, 0.25) is 0 Å². The quantitative estimate of drug-likeness (QED) is 0.702. The molecule has 1 heterocycles. The first kappa shape index (κ1) is 14.9. The van der Waals surface area contributed by atoms with E-state index in [0.29, 0.717) is 6.61 Å². The van der Waals surface area contributed by atoms with Crippen LogP contribution in [-0.4, -0.2) is 58.5 Å². The van der Waals surface area contributed by atoms with Crippen LogP contribution in [0.25, 0.3) is 6.08 Å². The van der Waals surface area contributed by atoms with Crippen LogP contribution >= 0.6 is 0 Å². The predicted molar refractivity (Wildman–Crippen MR) is 68.3 cm³/mol. The number of nitrogens with zero attached hydrogens (tertiary/aromatic N) is 3. The molecule has 7 heteroatoms. The fraction of sp³-hybridized carbons (Fsp3) is 0.417. The van der Waals surface area contributed by atoms with Gasteiger partial charge in [0.15, 0.2) is 0 Å². The molecule has 0 aliphatic heterocycles. The second-order valence-electron chi connectivity index (χ2n) is 3.93. The fourth-order valence-electron chi connectivity index (χ4n) is 1.43. The van der Waals surface area contributed by atoms with Gasteiger partial charge in [-0.2, -0.15) is 5.10 Å². The van der Waals surface area contributed by atoms with E-state index in [2.05, 4.69) is 5.10 Å². The van der Waals surface area contributed by atoms with E-state index in [1.807, 2.05) is 0 Å². The number of aryl methyl sites for hydroxylation is 1. The molecule has 0 aliphatic rings. The van der Waals surface area contributed by atoms with Gasteiger partial charge in [0.25, 0.3) is 0 Å². The Morgan fingerprint density at radius 1 is 1.58 bits per heavy atom. The van der Waals surface area contributed by atoms with E-state index in [1.54, 1.807) is 30.2 Å². The number of aromatic nitrogens is 2. The summed E-state index contributed by atoms with van der Waals surface area (Å²) in [5.41, 5.74) is 0.776. The van der Waals surface area contributed by atoms with E-state index in [9.17, 15) is 9.59 Å². The normalized spacial score (nSPS) is 10.8. The minimum atomic E-state index is -1.06. The van der Waals surface area contributed by atoms with Crippen LogP contribution in [0.5, 0.6) is 0 Å². The Labute approximate surface area is 111 Å². The molecular formula is C12H17N3O4. The van der Waals surface area contributed by atoms with Gasteiger partial charge in [-0.1, -0.05) is 0 Å². The Balaban J connectivity index is 2.64. The van der Waals surface area contributed by atoms with Crippen molar-refractivity contribution in [2.24, 2.45) is 7.05 Å². The molecule has 1 aromatic rings. The van der Waals surface area contributed by atoms with E-state index in [-0.39, 0.29) is 19.0 Å². The summed E-state index contributed by atoms with van der Waals surface area (Å²) in [6, 6.07) is 0. The molecule has 1 amide bonds. The van der Waals surface area contributed by atoms with Crippen LogP contribution in [-0.2, 0) is 21.4 Å². The lowest BCUT2D eigenvalue weighted by atomic mass is 10.3. The fourth-order valence-corrected chi connectivity index (χ4v) is 1.43. The van der Waals surface area contributed by atoms with Crippen LogP contribution in [0.15, 0.2) is 18.5 Å². The Morgan fingerprint density at radius 3 is 2.84 bits per heavy atom. The number of amides is 1. The largest absolute Gasteiger partial charge is 0.480 e. The van der Waals surface area contributed by atoms with Gasteiger partial charge in [-0.25, -0.2) is 0 Å². The number of carboxylic acid groups (broad SMARTS) is 1. The number of ether oxygens (including phenoxy) is 1. The second kappa shape index (κ2) is 7.32. The van der Waals surface area contributed by atoms with E-state index in [0.717, 1.165) is 5.56 Å². The Kier molecular flexibility index (Phi) is 5.74. The topological polar surface area (TPSA) is 84.7 Å². The maximum absolute atomic E-state index is 11.9. The maximum atomic E-state index is 11.9. The molecule has 0 saturated carbocycles. The van der Waals surface area contributed by atoms with Crippen molar-refractivity contribution in [2.75, 3.05) is 26.8 Å². The average Bonchev–Trinajstić information content (AvgIpc) is 2.77. The van der Waals surface area contributed by atoms with E-state index >= 15 is 0 Å². The molecule has 1 aromatic heterocycles. The first-order valence-electron chi connectivity index (χ1n) is 5.69. The molecule has 0 bridgehead atoms. The number of carbonyl (C=O) groups excluding carboxylic acids is 1. The van der Waals surface area contributed by atoms with Crippen molar-refractivity contribution in [1.29, 1.82) is 0 Å². The van der Waals surface area contributed by atoms with Gasteiger partial charge in [-0.05, 0) is 6.08 Å². The highest BCUT2D eigenvalue weighted by molar-refractivity contribution is 5.93. The number of carbonyl (C=O) groups is 2. The third-order valence-corrected chi connectivity index (χ3v) is 2.35. The highest BCUT2D eigenvalue weighted by Crippen LogP contribution is 2.01. The van der Waals surface area contributed by atoms with Gasteiger partial charge in [-0.15, -0.1) is 0 Å². The molecule has 7 nitrogen and oxygen atoms in total. The lowest BCUT2D eigenvalue weighted by Gasteiger charge is -2.18. The zero-order valence-corrected chi connectivity index (χ0v) is 10.9. The summed E-state index contributed by atoms with van der Waals surface area (Å²) >= 11 is 0. The minimum absolute atomic E-state index is 0.235. The Hall–Kier alpha value is -2.15. The zero-order valence-electron chi connectivity index (χ0n) is 10.9. The summed E-state index contributed by atoms with van der Waals surface area (Å²) in [7, 11) is 3.27. The van der Waals surface area contributed by atoms with E-state index in [1.165, 1.54) is 18.1 Å². The maximum Gasteiger partial charge on any atom is 0.323 e. The zero-order chi connectivity index (χ0) is 14.3. The van der Waals surface area contributed by atoms with Crippen LogP contribution in [0, 0.1) is 0 Å². The first-order chi connectivity index (χ1) is 9.02. The molecule has 0 atom stereocenters. The molecule has 0 radical (unpaired) electrons. The van der Waals surface area contributed by atoms with E-state index in [4.69, 9.17) is 9.84 Å². The summed E-state index contributed by atoms with van der Waals surface area (Å²) in [4.78, 5) is 23.7. The summed E-state index contributed by atoms with van der Waals surface area (Å²) in [6.07, 6.45) is 6.29. The standard InChI is InChI=1S/C12H17N3O4/c1-14-8-10(7-13-14)3-4-11(16)15(5-6-19-2)9-12(17)18/h3-4,7-8H,5-6,9H2,1-2H3,(H,17,18)/b4-3+. The molecule has 0 spiro atoms. The molecular weight excluding hydrogens is 250 g/mol. The molecule has 19 heavy (non-hydrogen) atoms. The molecule has 0 fully saturated rings. The molecule has 0 saturated heterocycles. The van der Waals surface area contributed by atoms with Gasteiger partial charge in [0.1, 0.15) is 6.54 Å². The van der Waals surface area contributed by atoms with Crippen LogP contribution in [0.1, 0.15) is 5.56 Å². The minimum Gasteiger partial charge on any atom is -0.480 e. The molecule has 0 unspecified atom stereocenters. The number of rotatable bonds is 7. The van der Waals surface area contributed by atoms with Crippen molar-refractivity contribution >= 4 is 18.0 Å². The number of hydrogen-bond acceptors (Lipinski definition) is 4. The van der Waals surface area contributed by atoms with E-state index < -0.39 is 5.97 Å². The van der Waals surface area contributed by atoms with Crippen molar-refractivity contribution in [3.63, 3.8) is 0 Å². The summed E-state index contributed by atoms with van der Waals surface area (Å²) in [5.74, 6) is -1.43. The van der Waals surface area contributed by atoms with Crippen molar-refractivity contribution in [1.82, 2.24) is 14.7 Å². The average molecular weight is 267 g/mol. The lowest BCUT2D eigenvalue weighted by Crippen LogP contribution is -2.36. The van der Waals surface area contributed by atoms with Gasteiger partial charge in [0, 0.05) is 38.5 Å². The Bertz CT molecular complexity index is 467. The highest BCUT2D eigenvalue weighted by Gasteiger charge is 2.13. The SMILES string of the molecule is COCCN(CC(=O)O)C(=O)/C=C/c1cnn(C)c1. The summed E-state index contributed by atoms with van der Waals surface area (Å²) < 4.78 is 6.46. The molecule has 0 aliphatic carbocycles. The van der Waals surface area contributed by atoms with Gasteiger partial charge >= 0.3 is 5.97 Å².